The van der Waals surface area contributed by atoms with Gasteiger partial charge in [-0.25, -0.2) is 0 Å². The Morgan fingerprint density at radius 1 is 0.248 bits per heavy atom. The molecular formula is C101H136N6Zr2. The normalized spacial score (nSPS) is 10.1. The summed E-state index contributed by atoms with van der Waals surface area (Å²) in [6.45, 7) is 86.5. The Morgan fingerprint density at radius 2 is 0.422 bits per heavy atom. The largest absolute Gasteiger partial charge is 4.00 e. The number of quaternary nitrogens is 1. The molecule has 0 saturated carbocycles. The first-order valence-corrected chi connectivity index (χ1v) is 38.1. The molecule has 578 valence electrons. The Hall–Kier alpha value is -7.69. The molecule has 0 unspecified atom stereocenters. The second-order valence-corrected chi connectivity index (χ2v) is 29.5. The molecule has 10 rings (SSSR count). The maximum Gasteiger partial charge on any atom is 4.00 e. The van der Waals surface area contributed by atoms with Crippen molar-refractivity contribution in [2.24, 2.45) is 0 Å². The summed E-state index contributed by atoms with van der Waals surface area (Å²) < 4.78 is 0. The van der Waals surface area contributed by atoms with Crippen LogP contribution in [0.5, 0.6) is 0 Å². The molecule has 0 aliphatic carbocycles. The van der Waals surface area contributed by atoms with Gasteiger partial charge in [0.25, 0.3) is 0 Å². The van der Waals surface area contributed by atoms with Crippen molar-refractivity contribution in [2.45, 2.75) is 180 Å². The van der Waals surface area contributed by atoms with Gasteiger partial charge >= 0.3 is 52.4 Å². The van der Waals surface area contributed by atoms with Gasteiger partial charge in [0, 0.05) is 50.6 Å². The summed E-state index contributed by atoms with van der Waals surface area (Å²) in [7, 11) is 4.29. The molecule has 10 aromatic rings. The average molecular weight is 1620 g/mol. The van der Waals surface area contributed by atoms with Crippen LogP contribution in [-0.2, 0) is 52.4 Å². The first-order valence-electron chi connectivity index (χ1n) is 38.1. The van der Waals surface area contributed by atoms with Crippen LogP contribution in [0.3, 0.4) is 0 Å². The van der Waals surface area contributed by atoms with Gasteiger partial charge in [-0.15, -0.1) is 81.2 Å². The Kier molecular flexibility index (Phi) is 45.8. The van der Waals surface area contributed by atoms with Gasteiger partial charge in [0.05, 0.1) is 0 Å². The third-order valence-electron chi connectivity index (χ3n) is 21.1. The fraction of sp³-hybridized carbons (Fsp3) is 0.337. The zero-order chi connectivity index (χ0) is 80.5. The quantitative estimate of drug-likeness (QED) is 0.0576. The molecule has 0 spiro atoms. The van der Waals surface area contributed by atoms with Crippen LogP contribution in [0.15, 0.2) is 146 Å². The molecule has 0 saturated heterocycles. The Morgan fingerprint density at radius 3 is 0.587 bits per heavy atom. The van der Waals surface area contributed by atoms with Crippen LogP contribution in [0.1, 0.15) is 178 Å². The van der Waals surface area contributed by atoms with Crippen LogP contribution >= 0.6 is 0 Å². The second kappa shape index (κ2) is 50.2. The predicted molar refractivity (Wildman–Crippen MR) is 476 cm³/mol. The van der Waals surface area contributed by atoms with Crippen LogP contribution < -0.4 is 20.9 Å². The molecule has 109 heavy (non-hydrogen) atoms. The summed E-state index contributed by atoms with van der Waals surface area (Å²) in [6, 6.07) is 48.7. The van der Waals surface area contributed by atoms with Crippen LogP contribution in [0, 0.1) is 229 Å². The number of rotatable bonds is 16. The summed E-state index contributed by atoms with van der Waals surface area (Å²) in [6.07, 6.45) is 0. The number of nitrogens with one attached hydrogen (secondary N) is 4. The van der Waals surface area contributed by atoms with E-state index in [0.717, 1.165) is 85.7 Å². The van der Waals surface area contributed by atoms with Gasteiger partial charge < -0.3 is 31.5 Å². The number of anilines is 2. The van der Waals surface area contributed by atoms with Crippen molar-refractivity contribution in [3.8, 4) is 0 Å². The fourth-order valence-electron chi connectivity index (χ4n) is 12.7. The molecular weight excluding hydrogens is 1480 g/mol. The molecule has 8 heteroatoms. The average Bonchev–Trinajstić information content (AvgIpc) is 0.822. The number of nitrogens with zero attached hydrogens (tertiary/aromatic N) is 2. The number of hydrogen-bond acceptors (Lipinski definition) is 3. The first kappa shape index (κ1) is 99.3. The topological polar surface area (TPSA) is 68.7 Å². The number of hydrogen-bond donors (Lipinski definition) is 4. The molecule has 0 heterocycles. The molecule has 0 aliphatic heterocycles. The molecule has 0 bridgehead atoms. The van der Waals surface area contributed by atoms with Crippen LogP contribution in [0.25, 0.3) is 10.6 Å². The maximum absolute atomic E-state index is 4.94. The molecule has 0 amide bonds. The van der Waals surface area contributed by atoms with Crippen LogP contribution in [0.4, 0.5) is 22.7 Å². The minimum absolute atomic E-state index is 0. The second-order valence-electron chi connectivity index (χ2n) is 29.5. The van der Waals surface area contributed by atoms with E-state index in [9.17, 15) is 0 Å². The third-order valence-corrected chi connectivity index (χ3v) is 21.1. The number of benzene rings is 10. The van der Waals surface area contributed by atoms with E-state index in [1.165, 1.54) is 172 Å². The van der Waals surface area contributed by atoms with E-state index in [1.54, 1.807) is 0 Å². The fourth-order valence-corrected chi connectivity index (χ4v) is 12.7. The standard InChI is InChI=1S/C27H41N3.C26H41N3.6C8H9.2Zr/c1-16-18(3)22(7)26(23(8)19(16)4)28-12-14-30(11)15-13-29-27-24(9)20(5)17(2)21(6)25(27)10;1-15-17(3)21(7)25(22(8)18(15)4)28-13-11-27-12-14-29-26-23(9)19(5)16(2)20(6)24(26)10;6*1-7-4-3-5-8(2)6-7;;/h30H,11-15H2,1-10H3;27-29H,11-14H2,1-10H3;6*3-6H,1H2,2H3;;/q-2;;6*-1;2*+4. The van der Waals surface area contributed by atoms with Crippen molar-refractivity contribution < 1.29 is 57.3 Å². The summed E-state index contributed by atoms with van der Waals surface area (Å²) in [5, 5.41) is 20.8. The van der Waals surface area contributed by atoms with Crippen LogP contribution in [-0.4, -0.2) is 52.4 Å². The van der Waals surface area contributed by atoms with E-state index in [2.05, 4.69) is 317 Å². The smallest absolute Gasteiger partial charge is 0.680 e. The number of aryl methyl sites for hydroxylation is 6. The minimum atomic E-state index is 0. The molecule has 4 N–H and O–H groups in total. The molecule has 0 fully saturated rings. The van der Waals surface area contributed by atoms with Crippen molar-refractivity contribution >= 4 is 22.7 Å². The van der Waals surface area contributed by atoms with E-state index in [4.69, 9.17) is 10.6 Å². The summed E-state index contributed by atoms with van der Waals surface area (Å²) in [4.78, 5) is 1.23. The van der Waals surface area contributed by atoms with E-state index < -0.39 is 0 Å². The van der Waals surface area contributed by atoms with E-state index >= 15 is 0 Å². The van der Waals surface area contributed by atoms with Gasteiger partial charge in [-0.05, 0) is 227 Å². The third kappa shape index (κ3) is 33.4. The van der Waals surface area contributed by atoms with E-state index in [1.807, 2.05) is 72.8 Å². The van der Waals surface area contributed by atoms with Crippen molar-refractivity contribution in [1.29, 1.82) is 0 Å². The zero-order valence-corrected chi connectivity index (χ0v) is 77.3. The summed E-state index contributed by atoms with van der Waals surface area (Å²) >= 11 is 0. The maximum atomic E-state index is 4.94. The van der Waals surface area contributed by atoms with Gasteiger partial charge in [0.15, 0.2) is 0 Å². The van der Waals surface area contributed by atoms with Gasteiger partial charge in [-0.2, -0.15) is 155 Å². The van der Waals surface area contributed by atoms with Crippen LogP contribution in [0.2, 0.25) is 0 Å². The Balaban J connectivity index is 0.000000677. The Bertz CT molecular complexity index is 3730. The Labute approximate surface area is 705 Å². The van der Waals surface area contributed by atoms with E-state index in [0.29, 0.717) is 0 Å². The van der Waals surface area contributed by atoms with Crippen molar-refractivity contribution in [3.63, 3.8) is 0 Å². The molecule has 6 nitrogen and oxygen atoms in total. The SMILES string of the molecule is Cc1c(C)c(C)c(NCCNCCNc2c(C)c(C)c(C)c(C)c2C)c(C)c1C.[CH2-][NH+](CC[N-]c1c(C)c(C)c(C)c(C)c1C)CC[N-]c1c(C)c(C)c(C)c(C)c1C.[CH2-]c1cccc(C)c1.[CH2-]c1cccc(C)c1.[CH2-]c1cccc(C)c1.[CH2-]c1cccc(C)c1.[CH2-]c1cccc(C)c1.[CH2-]c1cccc(C)c1.[Zr+4].[Zr+4]. The first-order chi connectivity index (χ1) is 50.3. The zero-order valence-electron chi connectivity index (χ0n) is 72.4. The van der Waals surface area contributed by atoms with Gasteiger partial charge in [-0.3, -0.25) is 0 Å². The molecule has 0 aliphatic rings. The monoisotopic (exact) mass is 1610 g/mol. The van der Waals surface area contributed by atoms with E-state index in [-0.39, 0.29) is 52.4 Å². The van der Waals surface area contributed by atoms with Gasteiger partial charge in [-0.1, -0.05) is 113 Å². The summed E-state index contributed by atoms with van der Waals surface area (Å²) in [5.74, 6) is 0. The minimum Gasteiger partial charge on any atom is -0.680 e. The van der Waals surface area contributed by atoms with Gasteiger partial charge in [0.1, 0.15) is 0 Å². The molecule has 0 atom stereocenters. The van der Waals surface area contributed by atoms with Gasteiger partial charge in [0.2, 0.25) is 0 Å². The van der Waals surface area contributed by atoms with Crippen molar-refractivity contribution in [2.75, 3.05) is 63.0 Å². The predicted octanol–water partition coefficient (Wildman–Crippen LogP) is 25.1. The van der Waals surface area contributed by atoms with Crippen molar-refractivity contribution in [3.05, 3.63) is 383 Å². The molecule has 10 aromatic carbocycles. The molecule has 0 aromatic heterocycles. The summed E-state index contributed by atoms with van der Waals surface area (Å²) in [5.41, 5.74) is 46.6. The molecule has 0 radical (unpaired) electrons. The van der Waals surface area contributed by atoms with Crippen molar-refractivity contribution in [1.82, 2.24) is 5.32 Å².